The molecule has 0 radical (unpaired) electrons. The summed E-state index contributed by atoms with van der Waals surface area (Å²) in [6, 6.07) is 8.15. The van der Waals surface area contributed by atoms with Crippen molar-refractivity contribution in [3.8, 4) is 0 Å². The molecule has 1 heterocycles. The molecule has 2 aliphatic rings. The van der Waals surface area contributed by atoms with E-state index in [9.17, 15) is 14.9 Å². The van der Waals surface area contributed by atoms with Crippen LogP contribution in [0.4, 0.5) is 5.69 Å². The first kappa shape index (κ1) is 17.4. The Labute approximate surface area is 154 Å². The smallest absolute Gasteiger partial charge is 0.271 e. The molecule has 25 heavy (non-hydrogen) atoms. The maximum atomic E-state index is 12.3. The van der Waals surface area contributed by atoms with E-state index in [2.05, 4.69) is 46.8 Å². The van der Waals surface area contributed by atoms with Gasteiger partial charge in [-0.15, -0.1) is 0 Å². The van der Waals surface area contributed by atoms with Crippen LogP contribution in [-0.4, -0.2) is 17.8 Å². The second-order valence-corrected chi connectivity index (χ2v) is 7.38. The van der Waals surface area contributed by atoms with Crippen molar-refractivity contribution in [2.24, 2.45) is 0 Å². The zero-order chi connectivity index (χ0) is 18.4. The third-order valence-corrected chi connectivity index (χ3v) is 5.22. The molecule has 0 unspecified atom stereocenters. The molecule has 0 saturated heterocycles. The van der Waals surface area contributed by atoms with Gasteiger partial charge in [-0.2, -0.15) is 0 Å². The van der Waals surface area contributed by atoms with Crippen molar-refractivity contribution in [3.05, 3.63) is 85.7 Å². The van der Waals surface area contributed by atoms with E-state index in [1.165, 1.54) is 17.7 Å². The zero-order valence-corrected chi connectivity index (χ0v) is 15.7. The third-order valence-electron chi connectivity index (χ3n) is 4.63. The Kier molecular flexibility index (Phi) is 4.24. The van der Waals surface area contributed by atoms with Gasteiger partial charge in [0.15, 0.2) is 5.78 Å². The van der Waals surface area contributed by atoms with E-state index < -0.39 is 4.92 Å². The average molecular weight is 401 g/mol. The molecule has 0 bridgehead atoms. The van der Waals surface area contributed by atoms with Gasteiger partial charge in [-0.3, -0.25) is 14.9 Å². The van der Waals surface area contributed by atoms with E-state index in [0.29, 0.717) is 0 Å². The van der Waals surface area contributed by atoms with Crippen LogP contribution in [-0.2, 0) is 10.2 Å². The Morgan fingerprint density at radius 1 is 1.20 bits per heavy atom. The molecule has 0 amide bonds. The van der Waals surface area contributed by atoms with Gasteiger partial charge in [0.2, 0.25) is 0 Å². The van der Waals surface area contributed by atoms with Crippen molar-refractivity contribution in [2.75, 3.05) is 11.9 Å². The Morgan fingerprint density at radius 2 is 1.88 bits per heavy atom. The quantitative estimate of drug-likeness (QED) is 0.422. The number of para-hydroxylation sites is 1. The number of carbonyl (C=O) groups excluding carboxylic acids is 1. The number of fused-ring (bicyclic) bond motifs is 1. The lowest BCUT2D eigenvalue weighted by atomic mass is 9.83. The van der Waals surface area contributed by atoms with Gasteiger partial charge in [0.25, 0.3) is 5.70 Å². The first-order valence-electron chi connectivity index (χ1n) is 7.77. The fraction of sp³-hybridized carbons (Fsp3) is 0.211. The number of hydrogen-bond acceptors (Lipinski definition) is 4. The number of Topliss-reactive ketones (excluding diaryl/α,β-unsaturated/α-hetero) is 1. The highest BCUT2D eigenvalue weighted by Gasteiger charge is 2.37. The summed E-state index contributed by atoms with van der Waals surface area (Å²) in [6.07, 6.45) is 6.06. The van der Waals surface area contributed by atoms with Gasteiger partial charge >= 0.3 is 0 Å². The van der Waals surface area contributed by atoms with Crippen LogP contribution in [0.25, 0.3) is 0 Å². The summed E-state index contributed by atoms with van der Waals surface area (Å²) >= 11 is 3.11. The van der Waals surface area contributed by atoms with Crippen molar-refractivity contribution in [3.63, 3.8) is 0 Å². The maximum Gasteiger partial charge on any atom is 0.271 e. The summed E-state index contributed by atoms with van der Waals surface area (Å²) < 4.78 is 0.189. The molecule has 6 heteroatoms. The molecule has 0 fully saturated rings. The summed E-state index contributed by atoms with van der Waals surface area (Å²) in [5.41, 5.74) is 3.31. The van der Waals surface area contributed by atoms with E-state index in [1.54, 1.807) is 6.08 Å². The molecule has 3 rings (SSSR count). The van der Waals surface area contributed by atoms with Crippen LogP contribution in [0.3, 0.4) is 0 Å². The van der Waals surface area contributed by atoms with Crippen molar-refractivity contribution in [1.29, 1.82) is 0 Å². The molecule has 0 spiro atoms. The number of nitrogens with zero attached hydrogens (tertiary/aromatic N) is 2. The van der Waals surface area contributed by atoms with E-state index >= 15 is 0 Å². The van der Waals surface area contributed by atoms with Crippen LogP contribution in [0, 0.1) is 10.1 Å². The molecule has 0 atom stereocenters. The summed E-state index contributed by atoms with van der Waals surface area (Å²) in [6.45, 7) is 4.24. The minimum Gasteiger partial charge on any atom is -0.347 e. The van der Waals surface area contributed by atoms with Gasteiger partial charge in [0.1, 0.15) is 0 Å². The van der Waals surface area contributed by atoms with Crippen LogP contribution in [0.1, 0.15) is 19.4 Å². The summed E-state index contributed by atoms with van der Waals surface area (Å²) in [5.74, 6) is -0.265. The topological polar surface area (TPSA) is 63.4 Å². The first-order chi connectivity index (χ1) is 11.7. The van der Waals surface area contributed by atoms with E-state index in [-0.39, 0.29) is 27.0 Å². The molecule has 1 aromatic rings. The summed E-state index contributed by atoms with van der Waals surface area (Å²) in [5, 5.41) is 11.0. The molecule has 0 saturated carbocycles. The van der Waals surface area contributed by atoms with Gasteiger partial charge in [-0.05, 0) is 39.7 Å². The number of benzene rings is 1. The van der Waals surface area contributed by atoms with E-state index in [0.717, 1.165) is 11.4 Å². The number of hydrogen-bond donors (Lipinski definition) is 0. The van der Waals surface area contributed by atoms with Crippen LogP contribution in [0.5, 0.6) is 0 Å². The minimum absolute atomic E-state index is 0.113. The Hall–Kier alpha value is -2.47. The summed E-state index contributed by atoms with van der Waals surface area (Å²) in [4.78, 5) is 24.9. The Morgan fingerprint density at radius 3 is 2.52 bits per heavy atom. The van der Waals surface area contributed by atoms with Crippen molar-refractivity contribution in [1.82, 2.24) is 0 Å². The number of rotatable bonds is 2. The van der Waals surface area contributed by atoms with E-state index in [4.69, 9.17) is 0 Å². The molecule has 1 aliphatic heterocycles. The lowest BCUT2D eigenvalue weighted by Crippen LogP contribution is -2.22. The van der Waals surface area contributed by atoms with E-state index in [1.807, 2.05) is 25.3 Å². The lowest BCUT2D eigenvalue weighted by Gasteiger charge is -2.23. The molecular weight excluding hydrogens is 384 g/mol. The number of nitro groups is 1. The lowest BCUT2D eigenvalue weighted by molar-refractivity contribution is -0.419. The monoisotopic (exact) mass is 400 g/mol. The Bertz CT molecular complexity index is 907. The number of ketones is 1. The van der Waals surface area contributed by atoms with Crippen molar-refractivity contribution >= 4 is 27.4 Å². The number of halogens is 1. The zero-order valence-electron chi connectivity index (χ0n) is 14.1. The van der Waals surface area contributed by atoms with Crippen molar-refractivity contribution < 1.29 is 9.72 Å². The predicted octanol–water partition coefficient (Wildman–Crippen LogP) is 4.25. The average Bonchev–Trinajstić information content (AvgIpc) is 2.76. The van der Waals surface area contributed by atoms with Crippen molar-refractivity contribution in [2.45, 2.75) is 19.3 Å². The van der Waals surface area contributed by atoms with Gasteiger partial charge in [0.05, 0.1) is 9.41 Å². The molecule has 0 N–H and O–H groups in total. The molecule has 128 valence electrons. The fourth-order valence-electron chi connectivity index (χ4n) is 3.30. The van der Waals surface area contributed by atoms with Crippen LogP contribution < -0.4 is 4.90 Å². The molecular formula is C19H17BrN2O3. The molecule has 0 aromatic heterocycles. The van der Waals surface area contributed by atoms with Crippen LogP contribution in [0.15, 0.2) is 70.0 Å². The van der Waals surface area contributed by atoms with Gasteiger partial charge in [-0.1, -0.05) is 32.0 Å². The van der Waals surface area contributed by atoms with Crippen LogP contribution in [0.2, 0.25) is 0 Å². The second-order valence-electron chi connectivity index (χ2n) is 6.52. The summed E-state index contributed by atoms with van der Waals surface area (Å²) in [7, 11) is 1.98. The van der Waals surface area contributed by atoms with Gasteiger partial charge < -0.3 is 4.90 Å². The highest BCUT2D eigenvalue weighted by Crippen LogP contribution is 2.46. The number of anilines is 1. The van der Waals surface area contributed by atoms with Gasteiger partial charge in [0, 0.05) is 41.6 Å². The number of likely N-dealkylation sites (N-methyl/N-ethyl adjacent to an activating group) is 1. The normalized spacial score (nSPS) is 22.1. The van der Waals surface area contributed by atoms with Gasteiger partial charge in [-0.25, -0.2) is 0 Å². The molecule has 1 aliphatic carbocycles. The highest BCUT2D eigenvalue weighted by molar-refractivity contribution is 9.12. The Balaban J connectivity index is 2.05. The number of allylic oxidation sites excluding steroid dienone is 7. The SMILES string of the molecule is CN1/C(=C\C=C2\C=C([N+](=O)[O-])C=C(Br)C2=O)C(C)(C)c2ccccc21. The fourth-order valence-corrected chi connectivity index (χ4v) is 3.76. The number of carbonyl (C=O) groups is 1. The predicted molar refractivity (Wildman–Crippen MR) is 101 cm³/mol. The molecule has 1 aromatic carbocycles. The molecule has 5 nitrogen and oxygen atoms in total. The first-order valence-corrected chi connectivity index (χ1v) is 8.56. The standard InChI is InChI=1S/C19H17BrN2O3/c1-19(2)14-6-4-5-7-16(14)21(3)17(19)9-8-12-10-13(22(24)25)11-15(20)18(12)23/h4-11H,1-3H3/b12-8-,17-9-. The highest BCUT2D eigenvalue weighted by atomic mass is 79.9. The second kappa shape index (κ2) is 6.11. The minimum atomic E-state index is -0.504. The maximum absolute atomic E-state index is 12.3. The largest absolute Gasteiger partial charge is 0.347 e. The van der Waals surface area contributed by atoms with Crippen LogP contribution >= 0.6 is 15.9 Å². The third kappa shape index (κ3) is 2.87.